The minimum absolute atomic E-state index is 0.149. The molecule has 2 aliphatic rings. The lowest BCUT2D eigenvalue weighted by Gasteiger charge is -2.35. The van der Waals surface area contributed by atoms with Gasteiger partial charge in [-0.1, -0.05) is 19.3 Å². The third-order valence-electron chi connectivity index (χ3n) is 4.34. The summed E-state index contributed by atoms with van der Waals surface area (Å²) in [4.78, 5) is 25.2. The van der Waals surface area contributed by atoms with Crippen LogP contribution in [0.1, 0.15) is 32.1 Å². The molecule has 1 saturated heterocycles. The molecule has 21 heavy (non-hydrogen) atoms. The number of ether oxygens (including phenoxy) is 1. The highest BCUT2D eigenvalue weighted by Gasteiger charge is 2.40. The normalized spacial score (nSPS) is 24.9. The average molecular weight is 295 g/mol. The maximum atomic E-state index is 12.1. The molecule has 1 atom stereocenters. The minimum Gasteiger partial charge on any atom is -0.481 e. The number of aliphatic carboxylic acids is 1. The lowest BCUT2D eigenvalue weighted by atomic mass is 9.74. The van der Waals surface area contributed by atoms with Crippen molar-refractivity contribution in [2.45, 2.75) is 38.2 Å². The van der Waals surface area contributed by atoms with E-state index in [2.05, 4.69) is 5.32 Å². The standard InChI is InChI=1S/C14H21N3O4/c15-8-11-9-17(6-7-21-11)13(20)16-10-14(12(18)19)4-2-1-3-5-14/h11H,1-7,9-10H2,(H,16,20)(H,18,19). The maximum Gasteiger partial charge on any atom is 0.317 e. The summed E-state index contributed by atoms with van der Waals surface area (Å²) >= 11 is 0. The highest BCUT2D eigenvalue weighted by atomic mass is 16.5. The van der Waals surface area contributed by atoms with Crippen LogP contribution in [0.25, 0.3) is 0 Å². The summed E-state index contributed by atoms with van der Waals surface area (Å²) in [6, 6.07) is 1.67. The first-order chi connectivity index (χ1) is 10.1. The van der Waals surface area contributed by atoms with Gasteiger partial charge >= 0.3 is 12.0 Å². The van der Waals surface area contributed by atoms with E-state index in [4.69, 9.17) is 10.00 Å². The highest BCUT2D eigenvalue weighted by Crippen LogP contribution is 2.36. The molecule has 1 unspecified atom stereocenters. The summed E-state index contributed by atoms with van der Waals surface area (Å²) in [5.74, 6) is -0.834. The Morgan fingerprint density at radius 2 is 2.10 bits per heavy atom. The Hall–Kier alpha value is -1.81. The van der Waals surface area contributed by atoms with Gasteiger partial charge in [0.1, 0.15) is 0 Å². The minimum atomic E-state index is -0.838. The number of hydrogen-bond acceptors (Lipinski definition) is 4. The molecule has 2 N–H and O–H groups in total. The van der Waals surface area contributed by atoms with Crippen molar-refractivity contribution in [3.63, 3.8) is 0 Å². The lowest BCUT2D eigenvalue weighted by Crippen LogP contribution is -2.52. The zero-order valence-corrected chi connectivity index (χ0v) is 12.0. The molecule has 2 fully saturated rings. The fourth-order valence-corrected chi connectivity index (χ4v) is 2.96. The van der Waals surface area contributed by atoms with E-state index in [9.17, 15) is 14.7 Å². The molecule has 0 aromatic carbocycles. The van der Waals surface area contributed by atoms with Gasteiger partial charge in [0, 0.05) is 13.1 Å². The number of nitriles is 1. The second-order valence-electron chi connectivity index (χ2n) is 5.74. The first kappa shape index (κ1) is 15.6. The van der Waals surface area contributed by atoms with Crippen molar-refractivity contribution in [1.29, 1.82) is 5.26 Å². The summed E-state index contributed by atoms with van der Waals surface area (Å²) in [5, 5.41) is 21.0. The molecular formula is C14H21N3O4. The Labute approximate surface area is 123 Å². The van der Waals surface area contributed by atoms with Gasteiger partial charge in [-0.3, -0.25) is 4.79 Å². The summed E-state index contributed by atoms with van der Waals surface area (Å²) in [6.07, 6.45) is 3.43. The number of hydrogen-bond donors (Lipinski definition) is 2. The molecule has 1 aliphatic heterocycles. The Bertz CT molecular complexity index is 440. The summed E-state index contributed by atoms with van der Waals surface area (Å²) in [5.41, 5.74) is -0.838. The number of morpholine rings is 1. The van der Waals surface area contributed by atoms with Crippen LogP contribution in [0.2, 0.25) is 0 Å². The third-order valence-corrected chi connectivity index (χ3v) is 4.34. The molecule has 0 radical (unpaired) electrons. The molecule has 0 aromatic rings. The van der Waals surface area contributed by atoms with Gasteiger partial charge in [-0.2, -0.15) is 5.26 Å². The van der Waals surface area contributed by atoms with Gasteiger partial charge in [0.05, 0.1) is 24.6 Å². The Balaban J connectivity index is 1.90. The third kappa shape index (κ3) is 3.64. The van der Waals surface area contributed by atoms with Crippen LogP contribution in [-0.4, -0.2) is 54.4 Å². The van der Waals surface area contributed by atoms with E-state index < -0.39 is 17.5 Å². The van der Waals surface area contributed by atoms with E-state index in [1.165, 1.54) is 4.90 Å². The molecule has 116 valence electrons. The molecule has 7 heteroatoms. The Morgan fingerprint density at radius 3 is 2.71 bits per heavy atom. The molecule has 0 spiro atoms. The molecule has 0 aromatic heterocycles. The maximum absolute atomic E-state index is 12.1. The summed E-state index contributed by atoms with van der Waals surface area (Å²) in [7, 11) is 0. The number of carboxylic acids is 1. The van der Waals surface area contributed by atoms with E-state index in [0.29, 0.717) is 26.0 Å². The van der Waals surface area contributed by atoms with Crippen LogP contribution in [0.5, 0.6) is 0 Å². The molecule has 0 bridgehead atoms. The molecule has 1 saturated carbocycles. The predicted molar refractivity (Wildman–Crippen MR) is 73.5 cm³/mol. The second kappa shape index (κ2) is 6.76. The van der Waals surface area contributed by atoms with Gasteiger partial charge in [0.2, 0.25) is 0 Å². The zero-order chi connectivity index (χ0) is 15.3. The van der Waals surface area contributed by atoms with Crippen LogP contribution in [-0.2, 0) is 9.53 Å². The molecule has 1 heterocycles. The van der Waals surface area contributed by atoms with E-state index in [0.717, 1.165) is 19.3 Å². The average Bonchev–Trinajstić information content (AvgIpc) is 2.53. The van der Waals surface area contributed by atoms with E-state index in [1.54, 1.807) is 0 Å². The van der Waals surface area contributed by atoms with Crippen molar-refractivity contribution in [1.82, 2.24) is 10.2 Å². The van der Waals surface area contributed by atoms with Crippen molar-refractivity contribution in [2.24, 2.45) is 5.41 Å². The fourth-order valence-electron chi connectivity index (χ4n) is 2.96. The number of nitrogens with one attached hydrogen (secondary N) is 1. The van der Waals surface area contributed by atoms with Crippen LogP contribution in [0.15, 0.2) is 0 Å². The smallest absolute Gasteiger partial charge is 0.317 e. The molecular weight excluding hydrogens is 274 g/mol. The summed E-state index contributed by atoms with van der Waals surface area (Å²) < 4.78 is 5.18. The van der Waals surface area contributed by atoms with Crippen molar-refractivity contribution in [3.8, 4) is 6.07 Å². The number of nitrogens with zero attached hydrogens (tertiary/aromatic N) is 2. The zero-order valence-electron chi connectivity index (χ0n) is 12.0. The van der Waals surface area contributed by atoms with E-state index in [1.807, 2.05) is 6.07 Å². The van der Waals surface area contributed by atoms with E-state index in [-0.39, 0.29) is 19.1 Å². The second-order valence-corrected chi connectivity index (χ2v) is 5.74. The Morgan fingerprint density at radius 1 is 1.38 bits per heavy atom. The quantitative estimate of drug-likeness (QED) is 0.807. The predicted octanol–water partition coefficient (Wildman–Crippen LogP) is 0.955. The van der Waals surface area contributed by atoms with Crippen molar-refractivity contribution in [3.05, 3.63) is 0 Å². The lowest BCUT2D eigenvalue weighted by molar-refractivity contribution is -0.150. The van der Waals surface area contributed by atoms with Gasteiger partial charge in [0.15, 0.2) is 6.10 Å². The van der Waals surface area contributed by atoms with Crippen molar-refractivity contribution < 1.29 is 19.4 Å². The summed E-state index contributed by atoms with van der Waals surface area (Å²) in [6.45, 7) is 1.12. The SMILES string of the molecule is N#CC1CN(C(=O)NCC2(C(=O)O)CCCCC2)CCO1. The number of urea groups is 1. The number of carbonyl (C=O) groups is 2. The molecule has 2 amide bonds. The largest absolute Gasteiger partial charge is 0.481 e. The van der Waals surface area contributed by atoms with Crippen LogP contribution in [0, 0.1) is 16.7 Å². The molecule has 7 nitrogen and oxygen atoms in total. The van der Waals surface area contributed by atoms with Gasteiger partial charge in [-0.05, 0) is 12.8 Å². The van der Waals surface area contributed by atoms with Crippen LogP contribution in [0.3, 0.4) is 0 Å². The van der Waals surface area contributed by atoms with Gasteiger partial charge in [0.25, 0.3) is 0 Å². The van der Waals surface area contributed by atoms with Crippen LogP contribution in [0.4, 0.5) is 4.79 Å². The first-order valence-corrected chi connectivity index (χ1v) is 7.35. The number of amides is 2. The van der Waals surface area contributed by atoms with Crippen LogP contribution >= 0.6 is 0 Å². The topological polar surface area (TPSA) is 103 Å². The number of carboxylic acid groups (broad SMARTS) is 1. The van der Waals surface area contributed by atoms with Gasteiger partial charge < -0.3 is 20.1 Å². The first-order valence-electron chi connectivity index (χ1n) is 7.35. The molecule has 1 aliphatic carbocycles. The molecule has 2 rings (SSSR count). The van der Waals surface area contributed by atoms with Gasteiger partial charge in [-0.15, -0.1) is 0 Å². The highest BCUT2D eigenvalue weighted by molar-refractivity contribution is 5.78. The van der Waals surface area contributed by atoms with Crippen molar-refractivity contribution >= 4 is 12.0 Å². The van der Waals surface area contributed by atoms with E-state index >= 15 is 0 Å². The number of carbonyl (C=O) groups excluding carboxylic acids is 1. The Kier molecular flexibility index (Phi) is 5.02. The monoisotopic (exact) mass is 295 g/mol. The number of rotatable bonds is 3. The van der Waals surface area contributed by atoms with Crippen molar-refractivity contribution in [2.75, 3.05) is 26.2 Å². The van der Waals surface area contributed by atoms with Gasteiger partial charge in [-0.25, -0.2) is 4.79 Å². The van der Waals surface area contributed by atoms with Crippen LogP contribution < -0.4 is 5.32 Å². The fraction of sp³-hybridized carbons (Fsp3) is 0.786.